The van der Waals surface area contributed by atoms with Crippen molar-refractivity contribution in [2.24, 2.45) is 0 Å². The summed E-state index contributed by atoms with van der Waals surface area (Å²) in [7, 11) is 0. The van der Waals surface area contributed by atoms with E-state index in [0.29, 0.717) is 17.9 Å². The number of ether oxygens (including phenoxy) is 1. The lowest BCUT2D eigenvalue weighted by Gasteiger charge is -2.27. The van der Waals surface area contributed by atoms with Crippen LogP contribution in [0.5, 0.6) is 5.75 Å². The van der Waals surface area contributed by atoms with Gasteiger partial charge in [0.2, 0.25) is 0 Å². The van der Waals surface area contributed by atoms with Crippen LogP contribution in [0.2, 0.25) is 0 Å². The molecule has 0 aliphatic carbocycles. The fraction of sp³-hybridized carbons (Fsp3) is 0.278. The van der Waals surface area contributed by atoms with Gasteiger partial charge in [0.1, 0.15) is 18.2 Å². The van der Waals surface area contributed by atoms with E-state index in [2.05, 4.69) is 5.32 Å². The van der Waals surface area contributed by atoms with Gasteiger partial charge in [0.05, 0.1) is 0 Å². The highest BCUT2D eigenvalue weighted by Gasteiger charge is 2.17. The van der Waals surface area contributed by atoms with E-state index in [1.807, 2.05) is 29.2 Å². The summed E-state index contributed by atoms with van der Waals surface area (Å²) in [5, 5.41) is 3.23. The number of piperazine rings is 1. The normalized spacial score (nSPS) is 14.0. The fourth-order valence-corrected chi connectivity index (χ4v) is 2.57. The molecular weight excluding hydrogens is 331 g/mol. The molecule has 24 heavy (non-hydrogen) atoms. The van der Waals surface area contributed by atoms with Crippen LogP contribution in [0.3, 0.4) is 0 Å². The average molecular weight is 351 g/mol. The SMILES string of the molecule is Cl.O=C(c1cccc(COc2cccc(F)c2)c1)N1CCNCC1. The maximum Gasteiger partial charge on any atom is 0.253 e. The molecule has 1 aliphatic rings. The van der Waals surface area contributed by atoms with Gasteiger partial charge < -0.3 is 15.0 Å². The minimum Gasteiger partial charge on any atom is -0.489 e. The lowest BCUT2D eigenvalue weighted by molar-refractivity contribution is 0.0735. The number of nitrogens with one attached hydrogen (secondary N) is 1. The van der Waals surface area contributed by atoms with Crippen LogP contribution in [-0.4, -0.2) is 37.0 Å². The summed E-state index contributed by atoms with van der Waals surface area (Å²) in [6.45, 7) is 3.40. The second kappa shape index (κ2) is 8.66. The Morgan fingerprint density at radius 2 is 1.88 bits per heavy atom. The van der Waals surface area contributed by atoms with Gasteiger partial charge in [-0.15, -0.1) is 12.4 Å². The van der Waals surface area contributed by atoms with Gasteiger partial charge in [0.25, 0.3) is 5.91 Å². The van der Waals surface area contributed by atoms with Crippen LogP contribution in [0.1, 0.15) is 15.9 Å². The summed E-state index contributed by atoms with van der Waals surface area (Å²) in [4.78, 5) is 14.3. The van der Waals surface area contributed by atoms with E-state index in [1.165, 1.54) is 12.1 Å². The zero-order valence-electron chi connectivity index (χ0n) is 13.2. The Balaban J connectivity index is 0.00000208. The van der Waals surface area contributed by atoms with Crippen molar-refractivity contribution in [3.8, 4) is 5.75 Å². The Morgan fingerprint density at radius 3 is 2.62 bits per heavy atom. The van der Waals surface area contributed by atoms with Crippen molar-refractivity contribution in [3.05, 3.63) is 65.5 Å². The number of carbonyl (C=O) groups is 1. The number of hydrogen-bond acceptors (Lipinski definition) is 3. The standard InChI is InChI=1S/C18H19FN2O2.ClH/c19-16-5-2-6-17(12-16)23-13-14-3-1-4-15(11-14)18(22)21-9-7-20-8-10-21;/h1-6,11-12,20H,7-10,13H2;1H. The van der Waals surface area contributed by atoms with E-state index in [0.717, 1.165) is 31.7 Å². The third kappa shape index (κ3) is 4.69. The molecule has 0 spiro atoms. The highest BCUT2D eigenvalue weighted by Crippen LogP contribution is 2.15. The molecule has 1 fully saturated rings. The zero-order chi connectivity index (χ0) is 16.1. The van der Waals surface area contributed by atoms with E-state index in [4.69, 9.17) is 4.74 Å². The van der Waals surface area contributed by atoms with Gasteiger partial charge in [-0.3, -0.25) is 4.79 Å². The molecule has 3 rings (SSSR count). The molecule has 0 radical (unpaired) electrons. The summed E-state index contributed by atoms with van der Waals surface area (Å²) in [6.07, 6.45) is 0. The molecule has 0 saturated carbocycles. The topological polar surface area (TPSA) is 41.6 Å². The number of amides is 1. The molecule has 2 aromatic carbocycles. The van der Waals surface area contributed by atoms with Crippen LogP contribution in [0.4, 0.5) is 4.39 Å². The number of hydrogen-bond donors (Lipinski definition) is 1. The molecule has 1 amide bonds. The molecule has 4 nitrogen and oxygen atoms in total. The summed E-state index contributed by atoms with van der Waals surface area (Å²) < 4.78 is 18.7. The Kier molecular flexibility index (Phi) is 6.58. The number of nitrogens with zero attached hydrogens (tertiary/aromatic N) is 1. The zero-order valence-corrected chi connectivity index (χ0v) is 14.0. The minimum atomic E-state index is -0.329. The molecular formula is C18H20ClFN2O2. The van der Waals surface area contributed by atoms with Gasteiger partial charge in [-0.05, 0) is 29.8 Å². The average Bonchev–Trinajstić information content (AvgIpc) is 2.60. The Bertz CT molecular complexity index is 690. The molecule has 1 aliphatic heterocycles. The lowest BCUT2D eigenvalue weighted by Crippen LogP contribution is -2.46. The summed E-state index contributed by atoms with van der Waals surface area (Å²) in [5.74, 6) is 0.188. The Labute approximate surface area is 147 Å². The van der Waals surface area contributed by atoms with E-state index >= 15 is 0 Å². The molecule has 1 heterocycles. The van der Waals surface area contributed by atoms with Gasteiger partial charge in [-0.25, -0.2) is 4.39 Å². The van der Waals surface area contributed by atoms with Crippen LogP contribution in [0, 0.1) is 5.82 Å². The van der Waals surface area contributed by atoms with E-state index < -0.39 is 0 Å². The van der Waals surface area contributed by atoms with Crippen molar-refractivity contribution in [1.29, 1.82) is 0 Å². The number of rotatable bonds is 4. The maximum absolute atomic E-state index is 13.1. The van der Waals surface area contributed by atoms with Crippen molar-refractivity contribution < 1.29 is 13.9 Å². The first-order chi connectivity index (χ1) is 11.2. The van der Waals surface area contributed by atoms with Crippen LogP contribution in [0.25, 0.3) is 0 Å². The van der Waals surface area contributed by atoms with Crippen LogP contribution in [0.15, 0.2) is 48.5 Å². The fourth-order valence-electron chi connectivity index (χ4n) is 2.57. The first kappa shape index (κ1) is 18.2. The number of carbonyl (C=O) groups excluding carboxylic acids is 1. The van der Waals surface area contributed by atoms with Gasteiger partial charge in [-0.2, -0.15) is 0 Å². The predicted octanol–water partition coefficient (Wildman–Crippen LogP) is 2.87. The van der Waals surface area contributed by atoms with Crippen molar-refractivity contribution >= 4 is 18.3 Å². The van der Waals surface area contributed by atoms with Crippen molar-refractivity contribution in [2.75, 3.05) is 26.2 Å². The third-order valence-corrected chi connectivity index (χ3v) is 3.78. The molecule has 2 aromatic rings. The van der Waals surface area contributed by atoms with Gasteiger partial charge in [0.15, 0.2) is 0 Å². The molecule has 1 saturated heterocycles. The quantitative estimate of drug-likeness (QED) is 0.922. The predicted molar refractivity (Wildman–Crippen MR) is 93.2 cm³/mol. The first-order valence-electron chi connectivity index (χ1n) is 7.70. The minimum absolute atomic E-state index is 0. The lowest BCUT2D eigenvalue weighted by atomic mass is 10.1. The second-order valence-corrected chi connectivity index (χ2v) is 5.49. The molecule has 128 valence electrons. The molecule has 0 bridgehead atoms. The Morgan fingerprint density at radius 1 is 1.12 bits per heavy atom. The maximum atomic E-state index is 13.1. The van der Waals surface area contributed by atoms with Crippen molar-refractivity contribution in [2.45, 2.75) is 6.61 Å². The molecule has 0 atom stereocenters. The smallest absolute Gasteiger partial charge is 0.253 e. The van der Waals surface area contributed by atoms with Crippen LogP contribution >= 0.6 is 12.4 Å². The summed E-state index contributed by atoms with van der Waals surface area (Å²) in [6, 6.07) is 13.4. The first-order valence-corrected chi connectivity index (χ1v) is 7.70. The second-order valence-electron chi connectivity index (χ2n) is 5.49. The highest BCUT2D eigenvalue weighted by atomic mass is 35.5. The molecule has 6 heteroatoms. The van der Waals surface area contributed by atoms with Crippen LogP contribution < -0.4 is 10.1 Å². The van der Waals surface area contributed by atoms with Crippen LogP contribution in [-0.2, 0) is 6.61 Å². The number of benzene rings is 2. The van der Waals surface area contributed by atoms with Gasteiger partial charge >= 0.3 is 0 Å². The van der Waals surface area contributed by atoms with Crippen molar-refractivity contribution in [1.82, 2.24) is 10.2 Å². The van der Waals surface area contributed by atoms with Gasteiger partial charge in [0, 0.05) is 37.8 Å². The summed E-state index contributed by atoms with van der Waals surface area (Å²) in [5.41, 5.74) is 1.54. The number of halogens is 2. The van der Waals surface area contributed by atoms with E-state index in [-0.39, 0.29) is 24.1 Å². The largest absolute Gasteiger partial charge is 0.489 e. The highest BCUT2D eigenvalue weighted by molar-refractivity contribution is 5.94. The van der Waals surface area contributed by atoms with E-state index in [1.54, 1.807) is 12.1 Å². The van der Waals surface area contributed by atoms with E-state index in [9.17, 15) is 9.18 Å². The molecule has 1 N–H and O–H groups in total. The van der Waals surface area contributed by atoms with Crippen molar-refractivity contribution in [3.63, 3.8) is 0 Å². The molecule has 0 unspecified atom stereocenters. The molecule has 0 aromatic heterocycles. The Hall–Kier alpha value is -2.11. The third-order valence-electron chi connectivity index (χ3n) is 3.78. The monoisotopic (exact) mass is 350 g/mol. The van der Waals surface area contributed by atoms with Gasteiger partial charge in [-0.1, -0.05) is 18.2 Å². The summed E-state index contributed by atoms with van der Waals surface area (Å²) >= 11 is 0.